The van der Waals surface area contributed by atoms with Gasteiger partial charge in [-0.15, -0.1) is 0 Å². The molecular formula is C56H42N2. The molecule has 0 aromatic heterocycles. The molecule has 0 spiro atoms. The molecule has 11 rings (SSSR count). The molecule has 1 heterocycles. The topological polar surface area (TPSA) is 6.48 Å². The molecule has 0 saturated heterocycles. The van der Waals surface area contributed by atoms with Gasteiger partial charge in [-0.05, 0) is 142 Å². The minimum absolute atomic E-state index is 1.15. The third-order valence-corrected chi connectivity index (χ3v) is 12.3. The van der Waals surface area contributed by atoms with Crippen molar-refractivity contribution in [1.29, 1.82) is 0 Å². The van der Waals surface area contributed by atoms with Crippen LogP contribution in [0.5, 0.6) is 0 Å². The zero-order valence-corrected chi connectivity index (χ0v) is 33.2. The van der Waals surface area contributed by atoms with Crippen LogP contribution in [0, 0.1) is 27.7 Å². The van der Waals surface area contributed by atoms with Gasteiger partial charge in [-0.1, -0.05) is 133 Å². The average molecular weight is 743 g/mol. The summed E-state index contributed by atoms with van der Waals surface area (Å²) in [6.07, 6.45) is 0. The van der Waals surface area contributed by atoms with Gasteiger partial charge in [0.05, 0.1) is 17.1 Å². The smallest absolute Gasteiger partial charge is 0.0547 e. The highest BCUT2D eigenvalue weighted by molar-refractivity contribution is 6.32. The van der Waals surface area contributed by atoms with Gasteiger partial charge in [0.25, 0.3) is 0 Å². The van der Waals surface area contributed by atoms with Crippen LogP contribution in [0.1, 0.15) is 22.3 Å². The maximum absolute atomic E-state index is 2.53. The molecule has 0 radical (unpaired) electrons. The Morgan fingerprint density at radius 2 is 1.05 bits per heavy atom. The SMILES string of the molecule is Cc1cccc(N(c2cc(-c3ccccc3)ccc2C)c2ccc3cc4c5c(ccc6ccc2c3c65)N(c2cc(-c3ccccc3)ccc2C)c2cc(C)ccc2-4)c1. The molecule has 0 aliphatic carbocycles. The molecule has 0 N–H and O–H groups in total. The predicted octanol–water partition coefficient (Wildman–Crippen LogP) is 16.1. The molecule has 10 aromatic carbocycles. The largest absolute Gasteiger partial charge is 0.310 e. The summed E-state index contributed by atoms with van der Waals surface area (Å²) < 4.78 is 0. The summed E-state index contributed by atoms with van der Waals surface area (Å²) in [5.74, 6) is 0. The van der Waals surface area contributed by atoms with Crippen LogP contribution < -0.4 is 9.80 Å². The van der Waals surface area contributed by atoms with E-state index in [-0.39, 0.29) is 0 Å². The van der Waals surface area contributed by atoms with Crippen molar-refractivity contribution in [3.8, 4) is 33.4 Å². The van der Waals surface area contributed by atoms with Gasteiger partial charge in [0.1, 0.15) is 0 Å². The van der Waals surface area contributed by atoms with Gasteiger partial charge < -0.3 is 9.80 Å². The standard InChI is InChI=1S/C56H42N2/c1-35-12-11-17-45(30-35)57(51-33-42(21-19-37(51)3)39-13-7-5-8-14-39)49-28-25-44-32-48-46-26-18-36(2)31-53(46)58(50-29-24-41-23-27-47(49)54(44)55(41)56(48)50)52-34-43(22-20-38(52)4)40-15-9-6-10-16-40/h5-34H,1-4H3. The van der Waals surface area contributed by atoms with Crippen molar-refractivity contribution in [2.75, 3.05) is 9.80 Å². The highest BCUT2D eigenvalue weighted by Gasteiger charge is 2.30. The lowest BCUT2D eigenvalue weighted by Crippen LogP contribution is -2.17. The van der Waals surface area contributed by atoms with E-state index in [1.54, 1.807) is 0 Å². The summed E-state index contributed by atoms with van der Waals surface area (Å²) in [6.45, 7) is 8.86. The van der Waals surface area contributed by atoms with Crippen LogP contribution in [0.3, 0.4) is 0 Å². The van der Waals surface area contributed by atoms with E-state index in [0.29, 0.717) is 0 Å². The van der Waals surface area contributed by atoms with E-state index in [9.17, 15) is 0 Å². The van der Waals surface area contributed by atoms with Crippen molar-refractivity contribution in [2.24, 2.45) is 0 Å². The molecule has 2 heteroatoms. The van der Waals surface area contributed by atoms with Crippen LogP contribution >= 0.6 is 0 Å². The number of nitrogens with zero attached hydrogens (tertiary/aromatic N) is 2. The quantitative estimate of drug-likeness (QED) is 0.157. The van der Waals surface area contributed by atoms with Crippen LogP contribution in [0.2, 0.25) is 0 Å². The molecule has 58 heavy (non-hydrogen) atoms. The zero-order chi connectivity index (χ0) is 39.1. The molecule has 0 saturated carbocycles. The van der Waals surface area contributed by atoms with Gasteiger partial charge in [0.2, 0.25) is 0 Å². The first-order chi connectivity index (χ1) is 28.4. The number of benzene rings is 10. The summed E-state index contributed by atoms with van der Waals surface area (Å²) in [5.41, 5.74) is 19.5. The Morgan fingerprint density at radius 3 is 1.81 bits per heavy atom. The van der Waals surface area contributed by atoms with Gasteiger partial charge in [0, 0.05) is 38.8 Å². The molecule has 0 bridgehead atoms. The lowest BCUT2D eigenvalue weighted by atomic mass is 9.84. The van der Waals surface area contributed by atoms with Crippen LogP contribution in [0.25, 0.3) is 65.7 Å². The third-order valence-electron chi connectivity index (χ3n) is 12.3. The predicted molar refractivity (Wildman–Crippen MR) is 248 cm³/mol. The molecule has 0 amide bonds. The minimum Gasteiger partial charge on any atom is -0.310 e. The zero-order valence-electron chi connectivity index (χ0n) is 33.2. The van der Waals surface area contributed by atoms with E-state index in [2.05, 4.69) is 219 Å². The van der Waals surface area contributed by atoms with Crippen LogP contribution in [0.15, 0.2) is 182 Å². The number of hydrogen-bond donors (Lipinski definition) is 0. The Hall–Kier alpha value is -7.16. The second-order valence-corrected chi connectivity index (χ2v) is 16.0. The lowest BCUT2D eigenvalue weighted by molar-refractivity contribution is 1.24. The second-order valence-electron chi connectivity index (χ2n) is 16.0. The van der Waals surface area contributed by atoms with Crippen molar-refractivity contribution in [2.45, 2.75) is 27.7 Å². The molecule has 0 fully saturated rings. The summed E-state index contributed by atoms with van der Waals surface area (Å²) >= 11 is 0. The van der Waals surface area contributed by atoms with E-state index < -0.39 is 0 Å². The maximum Gasteiger partial charge on any atom is 0.0547 e. The highest BCUT2D eigenvalue weighted by Crippen LogP contribution is 2.56. The summed E-state index contributed by atoms with van der Waals surface area (Å²) in [5, 5.41) is 7.67. The van der Waals surface area contributed by atoms with Crippen molar-refractivity contribution in [1.82, 2.24) is 0 Å². The fraction of sp³-hybridized carbons (Fsp3) is 0.0714. The van der Waals surface area contributed by atoms with E-state index in [4.69, 9.17) is 0 Å². The molecular weight excluding hydrogens is 701 g/mol. The second kappa shape index (κ2) is 13.2. The Morgan fingerprint density at radius 1 is 0.362 bits per heavy atom. The fourth-order valence-electron chi connectivity index (χ4n) is 9.42. The summed E-state index contributed by atoms with van der Waals surface area (Å²) in [6, 6.07) is 67.7. The molecule has 0 unspecified atom stereocenters. The van der Waals surface area contributed by atoms with Gasteiger partial charge >= 0.3 is 0 Å². The van der Waals surface area contributed by atoms with Gasteiger partial charge in [0.15, 0.2) is 0 Å². The highest BCUT2D eigenvalue weighted by atomic mass is 15.2. The van der Waals surface area contributed by atoms with E-state index in [0.717, 1.165) is 5.69 Å². The number of anilines is 6. The monoisotopic (exact) mass is 742 g/mol. The number of hydrogen-bond acceptors (Lipinski definition) is 2. The molecule has 10 aromatic rings. The van der Waals surface area contributed by atoms with Crippen LogP contribution in [-0.4, -0.2) is 0 Å². The van der Waals surface area contributed by atoms with Gasteiger partial charge in [-0.2, -0.15) is 0 Å². The summed E-state index contributed by atoms with van der Waals surface area (Å²) in [7, 11) is 0. The number of aryl methyl sites for hydroxylation is 4. The first-order valence-electron chi connectivity index (χ1n) is 20.3. The van der Waals surface area contributed by atoms with Crippen LogP contribution in [-0.2, 0) is 0 Å². The van der Waals surface area contributed by atoms with Crippen molar-refractivity contribution >= 4 is 66.4 Å². The Bertz CT molecular complexity index is 3220. The van der Waals surface area contributed by atoms with Gasteiger partial charge in [-0.3, -0.25) is 0 Å². The number of fused-ring (bicyclic) bond motifs is 2. The Kier molecular flexibility index (Phi) is 7.78. The minimum atomic E-state index is 1.15. The molecule has 276 valence electrons. The lowest BCUT2D eigenvalue weighted by Gasteiger charge is -2.36. The Balaban J connectivity index is 1.19. The van der Waals surface area contributed by atoms with Crippen molar-refractivity contribution in [3.63, 3.8) is 0 Å². The van der Waals surface area contributed by atoms with E-state index >= 15 is 0 Å². The molecule has 1 aliphatic rings. The van der Waals surface area contributed by atoms with E-state index in [1.807, 2.05) is 0 Å². The maximum atomic E-state index is 2.53. The Labute approximate surface area is 340 Å². The van der Waals surface area contributed by atoms with Gasteiger partial charge in [-0.25, -0.2) is 0 Å². The number of rotatable bonds is 6. The van der Waals surface area contributed by atoms with Crippen molar-refractivity contribution < 1.29 is 0 Å². The molecule has 2 nitrogen and oxygen atoms in total. The molecule has 1 aliphatic heterocycles. The average Bonchev–Trinajstić information content (AvgIpc) is 3.25. The van der Waals surface area contributed by atoms with Crippen molar-refractivity contribution in [3.05, 3.63) is 204 Å². The first kappa shape index (κ1) is 34.1. The normalized spacial score (nSPS) is 12.1. The third kappa shape index (κ3) is 5.33. The molecule has 0 atom stereocenters. The summed E-state index contributed by atoms with van der Waals surface area (Å²) in [4.78, 5) is 5.01. The fourth-order valence-corrected chi connectivity index (χ4v) is 9.42. The van der Waals surface area contributed by atoms with Crippen LogP contribution in [0.4, 0.5) is 34.1 Å². The first-order valence-corrected chi connectivity index (χ1v) is 20.3. The van der Waals surface area contributed by atoms with E-state index in [1.165, 1.54) is 116 Å².